The number of ether oxygens (including phenoxy) is 2. The van der Waals surface area contributed by atoms with Gasteiger partial charge in [-0.3, -0.25) is 0 Å². The lowest BCUT2D eigenvalue weighted by molar-refractivity contribution is 0.396. The fourth-order valence-corrected chi connectivity index (χ4v) is 1.80. The fourth-order valence-electron chi connectivity index (χ4n) is 1.80. The monoisotopic (exact) mass is 234 g/mol. The van der Waals surface area contributed by atoms with E-state index in [0.717, 1.165) is 0 Å². The molecule has 3 rings (SSSR count). The lowest BCUT2D eigenvalue weighted by Crippen LogP contribution is -2.01. The predicted molar refractivity (Wildman–Crippen MR) is 59.5 cm³/mol. The molecule has 0 N–H and O–H groups in total. The summed E-state index contributed by atoms with van der Waals surface area (Å²) < 4.78 is 23.9. The van der Waals surface area contributed by atoms with Crippen LogP contribution in [0.25, 0.3) is 11.0 Å². The zero-order valence-electron chi connectivity index (χ0n) is 9.31. The van der Waals surface area contributed by atoms with Crippen molar-refractivity contribution < 1.29 is 13.9 Å². The van der Waals surface area contributed by atoms with E-state index < -0.39 is 0 Å². The van der Waals surface area contributed by atoms with Crippen molar-refractivity contribution >= 4 is 11.0 Å². The molecule has 17 heavy (non-hydrogen) atoms. The van der Waals surface area contributed by atoms with Crippen LogP contribution in [-0.2, 0) is 11.2 Å². The van der Waals surface area contributed by atoms with Gasteiger partial charge in [-0.2, -0.15) is 0 Å². The van der Waals surface area contributed by atoms with Gasteiger partial charge in [-0.15, -0.1) is 0 Å². The van der Waals surface area contributed by atoms with Crippen molar-refractivity contribution in [3.63, 3.8) is 0 Å². The number of benzene rings is 1. The molecule has 1 atom stereocenters. The van der Waals surface area contributed by atoms with E-state index in [1.54, 1.807) is 6.07 Å². The van der Waals surface area contributed by atoms with Gasteiger partial charge in [0.05, 0.1) is 37.1 Å². The van der Waals surface area contributed by atoms with E-state index in [0.29, 0.717) is 35.5 Å². The minimum atomic E-state index is -0.268. The second-order valence-corrected chi connectivity index (χ2v) is 3.97. The second-order valence-electron chi connectivity index (χ2n) is 3.97. The Morgan fingerprint density at radius 1 is 1.53 bits per heavy atom. The van der Waals surface area contributed by atoms with Crippen LogP contribution in [0.15, 0.2) is 18.3 Å². The van der Waals surface area contributed by atoms with Crippen LogP contribution in [0.1, 0.15) is 5.56 Å². The van der Waals surface area contributed by atoms with Gasteiger partial charge in [0.15, 0.2) is 0 Å². The number of methoxy groups -OCH3 is 1. The van der Waals surface area contributed by atoms with Crippen molar-refractivity contribution in [3.8, 4) is 5.88 Å². The first-order valence-electron chi connectivity index (χ1n) is 5.37. The number of halogens is 1. The number of hydrogen-bond acceptors (Lipinski definition) is 4. The van der Waals surface area contributed by atoms with Gasteiger partial charge in [0.1, 0.15) is 5.82 Å². The lowest BCUT2D eigenvalue weighted by Gasteiger charge is -2.06. The number of epoxide rings is 1. The van der Waals surface area contributed by atoms with Crippen LogP contribution in [0.3, 0.4) is 0 Å². The van der Waals surface area contributed by atoms with Crippen LogP contribution < -0.4 is 4.74 Å². The van der Waals surface area contributed by atoms with Gasteiger partial charge in [-0.1, -0.05) is 0 Å². The average molecular weight is 234 g/mol. The zero-order valence-corrected chi connectivity index (χ0v) is 9.31. The summed E-state index contributed by atoms with van der Waals surface area (Å²) in [5.74, 6) is 0.122. The molecule has 1 fully saturated rings. The van der Waals surface area contributed by atoms with E-state index in [1.165, 1.54) is 19.4 Å². The summed E-state index contributed by atoms with van der Waals surface area (Å²) >= 11 is 0. The largest absolute Gasteiger partial charge is 0.480 e. The van der Waals surface area contributed by atoms with E-state index in [2.05, 4.69) is 9.97 Å². The predicted octanol–water partition coefficient (Wildman–Crippen LogP) is 1.72. The average Bonchev–Trinajstić information content (AvgIpc) is 3.16. The fraction of sp³-hybridized carbons (Fsp3) is 0.333. The first-order valence-corrected chi connectivity index (χ1v) is 5.37. The standard InChI is InChI=1S/C12H11FN2O2/c1-16-11-5-14-10-3-2-9(13)8(12(10)15-11)4-7-6-17-7/h2-3,5,7H,4,6H2,1H3. The molecule has 4 nitrogen and oxygen atoms in total. The molecule has 88 valence electrons. The SMILES string of the molecule is COc1cnc2ccc(F)c(CC3CO3)c2n1. The lowest BCUT2D eigenvalue weighted by atomic mass is 10.1. The zero-order chi connectivity index (χ0) is 11.8. The number of rotatable bonds is 3. The summed E-state index contributed by atoms with van der Waals surface area (Å²) in [4.78, 5) is 8.44. The first kappa shape index (κ1) is 10.4. The molecule has 0 bridgehead atoms. The van der Waals surface area contributed by atoms with Crippen LogP contribution in [0.2, 0.25) is 0 Å². The molecule has 1 aliphatic heterocycles. The maximum absolute atomic E-state index is 13.8. The van der Waals surface area contributed by atoms with Crippen molar-refractivity contribution in [2.45, 2.75) is 12.5 Å². The maximum Gasteiger partial charge on any atom is 0.232 e. The number of aromatic nitrogens is 2. The molecule has 2 heterocycles. The van der Waals surface area contributed by atoms with E-state index in [1.807, 2.05) is 0 Å². The first-order chi connectivity index (χ1) is 8.28. The van der Waals surface area contributed by atoms with Gasteiger partial charge in [0.25, 0.3) is 0 Å². The smallest absolute Gasteiger partial charge is 0.232 e. The molecule has 1 unspecified atom stereocenters. The Morgan fingerprint density at radius 3 is 3.06 bits per heavy atom. The molecule has 1 aliphatic rings. The Bertz CT molecular complexity index is 570. The highest BCUT2D eigenvalue weighted by Gasteiger charge is 2.25. The quantitative estimate of drug-likeness (QED) is 0.759. The third kappa shape index (κ3) is 1.93. The summed E-state index contributed by atoms with van der Waals surface area (Å²) in [6, 6.07) is 3.04. The minimum absolute atomic E-state index is 0.114. The van der Waals surface area contributed by atoms with Crippen molar-refractivity contribution in [3.05, 3.63) is 29.7 Å². The van der Waals surface area contributed by atoms with Gasteiger partial charge in [0, 0.05) is 12.0 Å². The maximum atomic E-state index is 13.8. The molecule has 0 saturated carbocycles. The molecule has 2 aromatic rings. The number of fused-ring (bicyclic) bond motifs is 1. The van der Waals surface area contributed by atoms with Crippen LogP contribution in [0.5, 0.6) is 5.88 Å². The van der Waals surface area contributed by atoms with Gasteiger partial charge in [0.2, 0.25) is 5.88 Å². The molecule has 1 aromatic carbocycles. The third-order valence-corrected chi connectivity index (χ3v) is 2.78. The highest BCUT2D eigenvalue weighted by molar-refractivity contribution is 5.78. The van der Waals surface area contributed by atoms with Crippen molar-refractivity contribution in [1.29, 1.82) is 0 Å². The van der Waals surface area contributed by atoms with Gasteiger partial charge < -0.3 is 9.47 Å². The Hall–Kier alpha value is -1.75. The molecule has 1 aromatic heterocycles. The normalized spacial score (nSPS) is 18.4. The van der Waals surface area contributed by atoms with Crippen LogP contribution in [-0.4, -0.2) is 29.8 Å². The van der Waals surface area contributed by atoms with Crippen molar-refractivity contribution in [2.24, 2.45) is 0 Å². The highest BCUT2D eigenvalue weighted by atomic mass is 19.1. The summed E-state index contributed by atoms with van der Waals surface area (Å²) in [5, 5.41) is 0. The van der Waals surface area contributed by atoms with Gasteiger partial charge >= 0.3 is 0 Å². The summed E-state index contributed by atoms with van der Waals surface area (Å²) in [6.45, 7) is 0.688. The van der Waals surface area contributed by atoms with Gasteiger partial charge in [-0.05, 0) is 12.1 Å². The molecule has 0 amide bonds. The Labute approximate surface area is 97.4 Å². The van der Waals surface area contributed by atoms with Crippen molar-refractivity contribution in [1.82, 2.24) is 9.97 Å². The molecule has 0 aliphatic carbocycles. The minimum Gasteiger partial charge on any atom is -0.480 e. The van der Waals surface area contributed by atoms with Crippen molar-refractivity contribution in [2.75, 3.05) is 13.7 Å². The van der Waals surface area contributed by atoms with E-state index >= 15 is 0 Å². The van der Waals surface area contributed by atoms with Crippen LogP contribution in [0.4, 0.5) is 4.39 Å². The molecule has 0 radical (unpaired) electrons. The molecule has 5 heteroatoms. The van der Waals surface area contributed by atoms with E-state index in [-0.39, 0.29) is 11.9 Å². The summed E-state index contributed by atoms with van der Waals surface area (Å²) in [7, 11) is 1.51. The molecule has 0 spiro atoms. The highest BCUT2D eigenvalue weighted by Crippen LogP contribution is 2.25. The molecular weight excluding hydrogens is 223 g/mol. The third-order valence-electron chi connectivity index (χ3n) is 2.78. The molecular formula is C12H11FN2O2. The number of hydrogen-bond donors (Lipinski definition) is 0. The topological polar surface area (TPSA) is 47.5 Å². The second kappa shape index (κ2) is 3.92. The van der Waals surface area contributed by atoms with Gasteiger partial charge in [-0.25, -0.2) is 14.4 Å². The van der Waals surface area contributed by atoms with E-state index in [9.17, 15) is 4.39 Å². The van der Waals surface area contributed by atoms with E-state index in [4.69, 9.17) is 9.47 Å². The molecule has 1 saturated heterocycles. The Balaban J connectivity index is 2.16. The Kier molecular flexibility index (Phi) is 2.40. The van der Waals surface area contributed by atoms with Crippen LogP contribution >= 0.6 is 0 Å². The number of nitrogens with zero attached hydrogens (tertiary/aromatic N) is 2. The van der Waals surface area contributed by atoms with Crippen LogP contribution in [0, 0.1) is 5.82 Å². The Morgan fingerprint density at radius 2 is 2.35 bits per heavy atom. The summed E-state index contributed by atoms with van der Waals surface area (Å²) in [5.41, 5.74) is 1.78. The summed E-state index contributed by atoms with van der Waals surface area (Å²) in [6.07, 6.45) is 2.17.